The van der Waals surface area contributed by atoms with E-state index in [9.17, 15) is 13.2 Å². The summed E-state index contributed by atoms with van der Waals surface area (Å²) in [6.45, 7) is 1.85. The molecule has 3 heterocycles. The fraction of sp³-hybridized carbons (Fsp3) is 0.100. The minimum atomic E-state index is -3.97. The Morgan fingerprint density at radius 1 is 1.12 bits per heavy atom. The molecule has 0 unspecified atom stereocenters. The average Bonchev–Trinajstić information content (AvgIpc) is 3.44. The highest BCUT2D eigenvalue weighted by molar-refractivity contribution is 7.93. The predicted octanol–water partition coefficient (Wildman–Crippen LogP) is 3.41. The Morgan fingerprint density at radius 2 is 1.91 bits per heavy atom. The lowest BCUT2D eigenvalue weighted by molar-refractivity contribution is 0.0602. The Hall–Kier alpha value is -3.77. The zero-order chi connectivity index (χ0) is 22.7. The molecule has 0 bridgehead atoms. The van der Waals surface area contributed by atoms with Gasteiger partial charge in [0.15, 0.2) is 0 Å². The summed E-state index contributed by atoms with van der Waals surface area (Å²) in [6.07, 6.45) is 4.83. The van der Waals surface area contributed by atoms with Crippen LogP contribution in [-0.4, -0.2) is 41.0 Å². The maximum absolute atomic E-state index is 12.7. The summed E-state index contributed by atoms with van der Waals surface area (Å²) in [7, 11) is -2.78. The van der Waals surface area contributed by atoms with E-state index in [1.807, 2.05) is 6.92 Å². The van der Waals surface area contributed by atoms with E-state index in [0.29, 0.717) is 23.1 Å². The number of nitrogens with zero attached hydrogens (tertiary/aromatic N) is 4. The summed E-state index contributed by atoms with van der Waals surface area (Å²) in [5, 5.41) is 1.51. The van der Waals surface area contributed by atoms with Gasteiger partial charge in [0, 0.05) is 24.1 Å². The van der Waals surface area contributed by atoms with Gasteiger partial charge in [0.25, 0.3) is 10.0 Å². The smallest absolute Gasteiger partial charge is 0.349 e. The van der Waals surface area contributed by atoms with Crippen LogP contribution in [0.4, 0.5) is 5.69 Å². The van der Waals surface area contributed by atoms with E-state index < -0.39 is 16.0 Å². The van der Waals surface area contributed by atoms with E-state index in [4.69, 9.17) is 4.74 Å². The van der Waals surface area contributed by atoms with Crippen molar-refractivity contribution in [2.24, 2.45) is 0 Å². The molecule has 32 heavy (non-hydrogen) atoms. The molecule has 0 aliphatic rings. The van der Waals surface area contributed by atoms with Crippen molar-refractivity contribution in [1.82, 2.24) is 19.5 Å². The van der Waals surface area contributed by atoms with E-state index in [1.54, 1.807) is 47.3 Å². The van der Waals surface area contributed by atoms with E-state index in [-0.39, 0.29) is 9.77 Å². The van der Waals surface area contributed by atoms with Gasteiger partial charge in [-0.15, -0.1) is 11.3 Å². The summed E-state index contributed by atoms with van der Waals surface area (Å²) in [6, 6.07) is 9.29. The number of benzene rings is 1. The van der Waals surface area contributed by atoms with Crippen molar-refractivity contribution in [2.75, 3.05) is 11.8 Å². The number of imidazole rings is 1. The molecule has 164 valence electrons. The topological polar surface area (TPSA) is 125 Å². The molecule has 0 fully saturated rings. The summed E-state index contributed by atoms with van der Waals surface area (Å²) in [5.41, 5.74) is 0.303. The standard InChI is InChI=1S/C20H17N5O5S2/c1-13-21-8-9-25(13)17-11-18(23-12-22-17)30-15-5-3-14(4-6-15)24-32(27,28)16-7-10-31-19(16)20(26)29-2/h3-12,24H,1-2H3. The molecule has 4 rings (SSSR count). The molecule has 0 amide bonds. The number of ether oxygens (including phenoxy) is 2. The van der Waals surface area contributed by atoms with Gasteiger partial charge in [0.2, 0.25) is 5.88 Å². The normalized spacial score (nSPS) is 11.2. The number of esters is 1. The second kappa shape index (κ2) is 8.77. The van der Waals surface area contributed by atoms with Crippen molar-refractivity contribution in [1.29, 1.82) is 0 Å². The summed E-state index contributed by atoms with van der Waals surface area (Å²) in [5.74, 6) is 1.43. The first-order valence-corrected chi connectivity index (χ1v) is 11.5. The highest BCUT2D eigenvalue weighted by Crippen LogP contribution is 2.27. The van der Waals surface area contributed by atoms with Crippen molar-refractivity contribution < 1.29 is 22.7 Å². The number of carbonyl (C=O) groups excluding carboxylic acids is 1. The fourth-order valence-electron chi connectivity index (χ4n) is 2.81. The second-order valence-corrected chi connectivity index (χ2v) is 8.96. The van der Waals surface area contributed by atoms with Gasteiger partial charge in [-0.1, -0.05) is 0 Å². The monoisotopic (exact) mass is 471 g/mol. The third-order valence-corrected chi connectivity index (χ3v) is 6.77. The van der Waals surface area contributed by atoms with Crippen molar-refractivity contribution in [3.8, 4) is 17.4 Å². The van der Waals surface area contributed by atoms with E-state index in [0.717, 1.165) is 17.2 Å². The van der Waals surface area contributed by atoms with Crippen LogP contribution in [0.1, 0.15) is 15.5 Å². The third kappa shape index (κ3) is 4.45. The zero-order valence-electron chi connectivity index (χ0n) is 16.9. The Bertz CT molecular complexity index is 1360. The third-order valence-electron chi connectivity index (χ3n) is 4.32. The maximum Gasteiger partial charge on any atom is 0.349 e. The van der Waals surface area contributed by atoms with Gasteiger partial charge in [-0.3, -0.25) is 9.29 Å². The lowest BCUT2D eigenvalue weighted by Gasteiger charge is -2.10. The Morgan fingerprint density at radius 3 is 2.59 bits per heavy atom. The number of aryl methyl sites for hydroxylation is 1. The number of rotatable bonds is 7. The van der Waals surface area contributed by atoms with Crippen LogP contribution in [0.3, 0.4) is 0 Å². The number of methoxy groups -OCH3 is 1. The Kier molecular flexibility index (Phi) is 5.88. The molecule has 0 spiro atoms. The van der Waals surface area contributed by atoms with E-state index in [2.05, 4.69) is 24.4 Å². The number of sulfonamides is 1. The number of thiophene rings is 1. The van der Waals surface area contributed by atoms with Crippen LogP contribution < -0.4 is 9.46 Å². The molecule has 1 N–H and O–H groups in total. The number of aromatic nitrogens is 4. The SMILES string of the molecule is COC(=O)c1sccc1S(=O)(=O)Nc1ccc(Oc2cc(-n3ccnc3C)ncn2)cc1. The molecule has 0 saturated heterocycles. The Labute approximate surface area is 187 Å². The minimum Gasteiger partial charge on any atom is -0.465 e. The van der Waals surface area contributed by atoms with Crippen molar-refractivity contribution in [3.05, 3.63) is 71.2 Å². The first-order valence-electron chi connectivity index (χ1n) is 9.16. The van der Waals surface area contributed by atoms with Crippen LogP contribution in [0, 0.1) is 6.92 Å². The minimum absolute atomic E-state index is 0.00708. The number of hydrogen-bond acceptors (Lipinski definition) is 9. The highest BCUT2D eigenvalue weighted by atomic mass is 32.2. The van der Waals surface area contributed by atoms with E-state index >= 15 is 0 Å². The van der Waals surface area contributed by atoms with Crippen LogP contribution in [-0.2, 0) is 14.8 Å². The van der Waals surface area contributed by atoms with Crippen molar-refractivity contribution in [2.45, 2.75) is 11.8 Å². The van der Waals surface area contributed by atoms with Crippen molar-refractivity contribution >= 4 is 33.0 Å². The van der Waals surface area contributed by atoms with Gasteiger partial charge >= 0.3 is 5.97 Å². The molecule has 0 aliphatic heterocycles. The number of hydrogen-bond donors (Lipinski definition) is 1. The van der Waals surface area contributed by atoms with Gasteiger partial charge in [0.05, 0.1) is 7.11 Å². The first kappa shape index (κ1) is 21.5. The van der Waals surface area contributed by atoms with Crippen LogP contribution in [0.15, 0.2) is 65.4 Å². The van der Waals surface area contributed by atoms with Gasteiger partial charge in [0.1, 0.15) is 33.5 Å². The predicted molar refractivity (Wildman–Crippen MR) is 117 cm³/mol. The first-order chi connectivity index (χ1) is 15.4. The van der Waals surface area contributed by atoms with Crippen LogP contribution in [0.2, 0.25) is 0 Å². The van der Waals surface area contributed by atoms with Crippen LogP contribution >= 0.6 is 11.3 Å². The van der Waals surface area contributed by atoms with Crippen molar-refractivity contribution in [3.63, 3.8) is 0 Å². The molecule has 0 aliphatic carbocycles. The summed E-state index contributed by atoms with van der Waals surface area (Å²) < 4.78 is 40.0. The number of carbonyl (C=O) groups is 1. The molecule has 1 aromatic carbocycles. The van der Waals surface area contributed by atoms with Gasteiger partial charge in [-0.2, -0.15) is 0 Å². The van der Waals surface area contributed by atoms with Crippen LogP contribution in [0.5, 0.6) is 11.6 Å². The molecule has 10 nitrogen and oxygen atoms in total. The largest absolute Gasteiger partial charge is 0.465 e. The Balaban J connectivity index is 1.49. The molecule has 0 atom stereocenters. The molecule has 0 saturated carbocycles. The molecule has 3 aromatic heterocycles. The number of nitrogens with one attached hydrogen (secondary N) is 1. The average molecular weight is 472 g/mol. The fourth-order valence-corrected chi connectivity index (χ4v) is 5.20. The maximum atomic E-state index is 12.7. The summed E-state index contributed by atoms with van der Waals surface area (Å²) >= 11 is 0.993. The highest BCUT2D eigenvalue weighted by Gasteiger charge is 2.24. The molecular weight excluding hydrogens is 454 g/mol. The van der Waals surface area contributed by atoms with Gasteiger partial charge in [-0.25, -0.2) is 28.2 Å². The van der Waals surface area contributed by atoms with E-state index in [1.165, 1.54) is 24.9 Å². The lowest BCUT2D eigenvalue weighted by atomic mass is 10.3. The molecule has 12 heteroatoms. The van der Waals surface area contributed by atoms with Gasteiger partial charge < -0.3 is 9.47 Å². The molecule has 4 aromatic rings. The van der Waals surface area contributed by atoms with Gasteiger partial charge in [-0.05, 0) is 42.6 Å². The summed E-state index contributed by atoms with van der Waals surface area (Å²) in [4.78, 5) is 24.1. The lowest BCUT2D eigenvalue weighted by Crippen LogP contribution is -2.15. The second-order valence-electron chi connectivity index (χ2n) is 6.40. The van der Waals surface area contributed by atoms with Crippen LogP contribution in [0.25, 0.3) is 5.82 Å². The molecule has 0 radical (unpaired) electrons. The zero-order valence-corrected chi connectivity index (χ0v) is 18.6. The number of anilines is 1. The molecular formula is C20H17N5O5S2. The quantitative estimate of drug-likeness (QED) is 0.407.